The van der Waals surface area contributed by atoms with Gasteiger partial charge in [-0.05, 0) is 25.1 Å². The maximum atomic E-state index is 13.9. The van der Waals surface area contributed by atoms with Crippen LogP contribution in [0.25, 0.3) is 10.9 Å². The molecule has 0 aliphatic rings. The topological polar surface area (TPSA) is 31.2 Å². The first kappa shape index (κ1) is 13.2. The molecule has 0 aliphatic carbocycles. The van der Waals surface area contributed by atoms with Crippen molar-refractivity contribution in [3.05, 3.63) is 34.4 Å². The zero-order valence-electron chi connectivity index (χ0n) is 9.49. The van der Waals surface area contributed by atoms with Gasteiger partial charge >= 0.3 is 5.97 Å². The lowest BCUT2D eigenvalue weighted by molar-refractivity contribution is -0.152. The van der Waals surface area contributed by atoms with E-state index >= 15 is 0 Å². The minimum atomic E-state index is -1.91. The van der Waals surface area contributed by atoms with E-state index in [-0.39, 0.29) is 6.61 Å². The molecule has 0 spiro atoms. The lowest BCUT2D eigenvalue weighted by Crippen LogP contribution is -2.17. The number of carbonyl (C=O) groups is 1. The first-order valence-corrected chi connectivity index (χ1v) is 6.06. The summed E-state index contributed by atoms with van der Waals surface area (Å²) in [6, 6.07) is 4.74. The van der Waals surface area contributed by atoms with Crippen LogP contribution in [0.4, 0.5) is 4.39 Å². The predicted molar refractivity (Wildman–Crippen MR) is 68.7 cm³/mol. The van der Waals surface area contributed by atoms with Crippen LogP contribution in [0.1, 0.15) is 13.2 Å². The molecule has 6 heteroatoms. The number of nitrogens with zero attached hydrogens (tertiary/aromatic N) is 1. The standard InChI is InChI=1S/C12H10Cl2FNO2/c1-2-18-12(17)11(15)16-4-3-8-9(14)5-7(13)6-10(8)16/h3-6,11H,2H2,1H3. The summed E-state index contributed by atoms with van der Waals surface area (Å²) in [7, 11) is 0. The Bertz CT molecular complexity index is 597. The van der Waals surface area contributed by atoms with E-state index in [0.29, 0.717) is 20.9 Å². The fraction of sp³-hybridized carbons (Fsp3) is 0.250. The summed E-state index contributed by atoms with van der Waals surface area (Å²) < 4.78 is 19.7. The molecule has 3 nitrogen and oxygen atoms in total. The second-order valence-electron chi connectivity index (χ2n) is 3.63. The van der Waals surface area contributed by atoms with Crippen molar-refractivity contribution in [2.75, 3.05) is 6.61 Å². The number of halogens is 3. The van der Waals surface area contributed by atoms with Crippen LogP contribution in [0.3, 0.4) is 0 Å². The monoisotopic (exact) mass is 289 g/mol. The van der Waals surface area contributed by atoms with Gasteiger partial charge in [-0.1, -0.05) is 23.2 Å². The zero-order valence-corrected chi connectivity index (χ0v) is 11.0. The Kier molecular flexibility index (Phi) is 3.78. The first-order chi connectivity index (χ1) is 8.54. The number of carbonyl (C=O) groups excluding carboxylic acids is 1. The van der Waals surface area contributed by atoms with Gasteiger partial charge in [-0.15, -0.1) is 0 Å². The van der Waals surface area contributed by atoms with Gasteiger partial charge in [0.05, 0.1) is 17.1 Å². The largest absolute Gasteiger partial charge is 0.462 e. The molecule has 2 rings (SSSR count). The van der Waals surface area contributed by atoms with Crippen LogP contribution >= 0.6 is 23.2 Å². The van der Waals surface area contributed by atoms with Crippen LogP contribution in [-0.4, -0.2) is 17.1 Å². The van der Waals surface area contributed by atoms with Gasteiger partial charge in [0.2, 0.25) is 0 Å². The van der Waals surface area contributed by atoms with Crippen molar-refractivity contribution in [2.24, 2.45) is 0 Å². The molecule has 0 amide bonds. The minimum absolute atomic E-state index is 0.125. The fourth-order valence-corrected chi connectivity index (χ4v) is 2.25. The Morgan fingerprint density at radius 2 is 2.22 bits per heavy atom. The summed E-state index contributed by atoms with van der Waals surface area (Å²) in [6.45, 7) is 1.74. The van der Waals surface area contributed by atoms with Crippen molar-refractivity contribution in [1.82, 2.24) is 4.57 Å². The van der Waals surface area contributed by atoms with E-state index in [9.17, 15) is 9.18 Å². The molecule has 96 valence electrons. The van der Waals surface area contributed by atoms with Crippen molar-refractivity contribution < 1.29 is 13.9 Å². The molecule has 0 saturated heterocycles. The molecule has 0 saturated carbocycles. The normalized spacial score (nSPS) is 12.7. The zero-order chi connectivity index (χ0) is 13.3. The summed E-state index contributed by atoms with van der Waals surface area (Å²) in [5.41, 5.74) is 0.452. The Morgan fingerprint density at radius 1 is 1.50 bits per heavy atom. The van der Waals surface area contributed by atoms with Crippen LogP contribution in [-0.2, 0) is 9.53 Å². The molecule has 2 aromatic rings. The Hall–Kier alpha value is -1.26. The highest BCUT2D eigenvalue weighted by molar-refractivity contribution is 6.38. The van der Waals surface area contributed by atoms with Crippen molar-refractivity contribution >= 4 is 40.1 Å². The van der Waals surface area contributed by atoms with E-state index in [1.165, 1.54) is 6.20 Å². The number of benzene rings is 1. The third-order valence-corrected chi connectivity index (χ3v) is 3.01. The highest BCUT2D eigenvalue weighted by Gasteiger charge is 2.22. The Labute approximate surface area is 113 Å². The lowest BCUT2D eigenvalue weighted by atomic mass is 10.2. The van der Waals surface area contributed by atoms with Gasteiger partial charge in [0.15, 0.2) is 0 Å². The van der Waals surface area contributed by atoms with Gasteiger partial charge in [-0.25, -0.2) is 9.18 Å². The summed E-state index contributed by atoms with van der Waals surface area (Å²) >= 11 is 11.8. The summed E-state index contributed by atoms with van der Waals surface area (Å²) in [5, 5.41) is 1.42. The van der Waals surface area contributed by atoms with Gasteiger partial charge in [-0.2, -0.15) is 0 Å². The number of hydrogen-bond donors (Lipinski definition) is 0. The van der Waals surface area contributed by atoms with Crippen molar-refractivity contribution in [2.45, 2.75) is 13.2 Å². The van der Waals surface area contributed by atoms with E-state index < -0.39 is 12.3 Å². The Morgan fingerprint density at radius 3 is 2.89 bits per heavy atom. The molecule has 0 aliphatic heterocycles. The van der Waals surface area contributed by atoms with Crippen molar-refractivity contribution in [3.63, 3.8) is 0 Å². The third-order valence-electron chi connectivity index (χ3n) is 2.48. The molecule has 0 fully saturated rings. The fourth-order valence-electron chi connectivity index (χ4n) is 1.71. The Balaban J connectivity index is 2.49. The molecule has 1 aromatic heterocycles. The number of alkyl halides is 1. The SMILES string of the molecule is CCOC(=O)C(F)n1ccc2c(Cl)cc(Cl)cc21. The molecule has 18 heavy (non-hydrogen) atoms. The summed E-state index contributed by atoms with van der Waals surface area (Å²) in [6.07, 6.45) is -0.467. The molecule has 1 heterocycles. The van der Waals surface area contributed by atoms with Crippen LogP contribution in [0.2, 0.25) is 10.0 Å². The van der Waals surface area contributed by atoms with Crippen LogP contribution in [0.5, 0.6) is 0 Å². The molecule has 1 unspecified atom stereocenters. The van der Waals surface area contributed by atoms with Crippen LogP contribution in [0, 0.1) is 0 Å². The highest BCUT2D eigenvalue weighted by Crippen LogP contribution is 2.31. The molecule has 0 N–H and O–H groups in total. The average molecular weight is 290 g/mol. The molecular weight excluding hydrogens is 280 g/mol. The number of fused-ring (bicyclic) bond motifs is 1. The second kappa shape index (κ2) is 5.16. The van der Waals surface area contributed by atoms with Gasteiger partial charge in [0.1, 0.15) is 0 Å². The van der Waals surface area contributed by atoms with Gasteiger partial charge in [0.25, 0.3) is 6.30 Å². The maximum Gasteiger partial charge on any atom is 0.362 e. The smallest absolute Gasteiger partial charge is 0.362 e. The molecule has 0 bridgehead atoms. The minimum Gasteiger partial charge on any atom is -0.462 e. The summed E-state index contributed by atoms with van der Waals surface area (Å²) in [4.78, 5) is 11.4. The van der Waals surface area contributed by atoms with E-state index in [1.807, 2.05) is 0 Å². The molecule has 1 atom stereocenters. The number of aromatic nitrogens is 1. The van der Waals surface area contributed by atoms with E-state index in [1.54, 1.807) is 25.1 Å². The predicted octanol–water partition coefficient (Wildman–Crippen LogP) is 3.98. The van der Waals surface area contributed by atoms with Crippen molar-refractivity contribution in [1.29, 1.82) is 0 Å². The van der Waals surface area contributed by atoms with Gasteiger partial charge in [-0.3, -0.25) is 0 Å². The maximum absolute atomic E-state index is 13.9. The van der Waals surface area contributed by atoms with E-state index in [4.69, 9.17) is 23.2 Å². The first-order valence-electron chi connectivity index (χ1n) is 5.31. The number of esters is 1. The number of ether oxygens (including phenoxy) is 1. The lowest BCUT2D eigenvalue weighted by Gasteiger charge is -2.11. The molecular formula is C12H10Cl2FNO2. The van der Waals surface area contributed by atoms with Gasteiger partial charge in [0, 0.05) is 16.6 Å². The summed E-state index contributed by atoms with van der Waals surface area (Å²) in [5.74, 6) is -0.939. The van der Waals surface area contributed by atoms with Crippen LogP contribution < -0.4 is 0 Å². The molecule has 1 aromatic carbocycles. The van der Waals surface area contributed by atoms with E-state index in [0.717, 1.165) is 4.57 Å². The van der Waals surface area contributed by atoms with E-state index in [2.05, 4.69) is 4.74 Å². The number of hydrogen-bond acceptors (Lipinski definition) is 2. The third kappa shape index (κ3) is 2.31. The number of rotatable bonds is 3. The molecule has 0 radical (unpaired) electrons. The average Bonchev–Trinajstić information content (AvgIpc) is 2.72. The van der Waals surface area contributed by atoms with Crippen LogP contribution in [0.15, 0.2) is 24.4 Å². The van der Waals surface area contributed by atoms with Gasteiger partial charge < -0.3 is 9.30 Å². The van der Waals surface area contributed by atoms with Crippen molar-refractivity contribution in [3.8, 4) is 0 Å². The quantitative estimate of drug-likeness (QED) is 0.801. The highest BCUT2D eigenvalue weighted by atomic mass is 35.5. The second-order valence-corrected chi connectivity index (χ2v) is 4.47.